The van der Waals surface area contributed by atoms with Crippen LogP contribution in [0.2, 0.25) is 0 Å². The van der Waals surface area contributed by atoms with Crippen molar-refractivity contribution in [1.82, 2.24) is 0 Å². The van der Waals surface area contributed by atoms with Gasteiger partial charge < -0.3 is 4.90 Å². The van der Waals surface area contributed by atoms with Gasteiger partial charge in [0.15, 0.2) is 0 Å². The van der Waals surface area contributed by atoms with Crippen molar-refractivity contribution in [3.63, 3.8) is 0 Å². The Hall–Kier alpha value is -3.73. The number of carbonyl (C=O) groups is 1. The van der Waals surface area contributed by atoms with E-state index in [0.717, 1.165) is 21.8 Å². The third-order valence-electron chi connectivity index (χ3n) is 4.73. The first kappa shape index (κ1) is 18.6. The number of hydrazone groups is 1. The van der Waals surface area contributed by atoms with Crippen LogP contribution in [0.4, 0.5) is 15.8 Å². The Morgan fingerprint density at radius 1 is 0.897 bits per heavy atom. The van der Waals surface area contributed by atoms with Gasteiger partial charge in [-0.05, 0) is 35.9 Å². The maximum atomic E-state index is 14.3. The number of amides is 1. The molecule has 0 aliphatic carbocycles. The zero-order valence-electron chi connectivity index (χ0n) is 16.2. The molecule has 4 nitrogen and oxygen atoms in total. The number of benzene rings is 3. The molecule has 0 fully saturated rings. The fourth-order valence-electron chi connectivity index (χ4n) is 3.18. The van der Waals surface area contributed by atoms with Gasteiger partial charge in [-0.2, -0.15) is 10.1 Å². The van der Waals surface area contributed by atoms with E-state index >= 15 is 0 Å². The van der Waals surface area contributed by atoms with Crippen LogP contribution < -0.4 is 9.91 Å². The molecule has 0 saturated carbocycles. The lowest BCUT2D eigenvalue weighted by molar-refractivity contribution is -0.114. The van der Waals surface area contributed by atoms with Gasteiger partial charge in [0.1, 0.15) is 17.2 Å². The molecule has 3 aromatic carbocycles. The highest BCUT2D eigenvalue weighted by molar-refractivity contribution is 6.37. The van der Waals surface area contributed by atoms with Gasteiger partial charge in [0.25, 0.3) is 5.91 Å². The summed E-state index contributed by atoms with van der Waals surface area (Å²) in [6.45, 7) is 0. The third kappa shape index (κ3) is 3.67. The van der Waals surface area contributed by atoms with Crippen LogP contribution in [-0.2, 0) is 4.79 Å². The zero-order valence-corrected chi connectivity index (χ0v) is 16.2. The summed E-state index contributed by atoms with van der Waals surface area (Å²) >= 11 is 0. The first-order valence-electron chi connectivity index (χ1n) is 9.27. The Balaban J connectivity index is 1.80. The average molecular weight is 385 g/mol. The lowest BCUT2D eigenvalue weighted by Gasteiger charge is -2.13. The van der Waals surface area contributed by atoms with Gasteiger partial charge >= 0.3 is 0 Å². The minimum Gasteiger partial charge on any atom is -0.378 e. The highest BCUT2D eigenvalue weighted by Gasteiger charge is 2.33. The van der Waals surface area contributed by atoms with Crippen LogP contribution >= 0.6 is 0 Å². The summed E-state index contributed by atoms with van der Waals surface area (Å²) in [4.78, 5) is 15.2. The summed E-state index contributed by atoms with van der Waals surface area (Å²) in [6, 6.07) is 23.5. The number of rotatable bonds is 4. The molecule has 0 unspecified atom stereocenters. The second-order valence-electron chi connectivity index (χ2n) is 6.93. The second kappa shape index (κ2) is 7.72. The second-order valence-corrected chi connectivity index (χ2v) is 6.93. The van der Waals surface area contributed by atoms with Gasteiger partial charge in [-0.1, -0.05) is 54.6 Å². The zero-order chi connectivity index (χ0) is 20.4. The molecule has 3 aromatic rings. The third-order valence-corrected chi connectivity index (χ3v) is 4.73. The molecule has 1 aliphatic heterocycles. The van der Waals surface area contributed by atoms with Crippen molar-refractivity contribution in [1.29, 1.82) is 0 Å². The van der Waals surface area contributed by atoms with Crippen LogP contribution in [0.3, 0.4) is 0 Å². The van der Waals surface area contributed by atoms with Gasteiger partial charge in [0, 0.05) is 25.3 Å². The van der Waals surface area contributed by atoms with Gasteiger partial charge in [-0.25, -0.2) is 4.39 Å². The predicted molar refractivity (Wildman–Crippen MR) is 116 cm³/mol. The van der Waals surface area contributed by atoms with Crippen LogP contribution in [0.1, 0.15) is 11.1 Å². The number of anilines is 2. The van der Waals surface area contributed by atoms with E-state index in [-0.39, 0.29) is 11.6 Å². The fraction of sp³-hybridized carbons (Fsp3) is 0.0833. The normalized spacial score (nSPS) is 15.0. The summed E-state index contributed by atoms with van der Waals surface area (Å²) < 4.78 is 14.3. The minimum absolute atomic E-state index is 0.136. The summed E-state index contributed by atoms with van der Waals surface area (Å²) in [7, 11) is 3.95. The summed E-state index contributed by atoms with van der Waals surface area (Å²) in [5, 5.41) is 5.61. The first-order valence-corrected chi connectivity index (χ1v) is 9.27. The summed E-state index contributed by atoms with van der Waals surface area (Å²) in [5.41, 5.74) is 3.83. The number of hydrogen-bond donors (Lipinski definition) is 0. The maximum Gasteiger partial charge on any atom is 0.281 e. The molecule has 1 aliphatic rings. The smallest absolute Gasteiger partial charge is 0.281 e. The molecule has 0 atom stereocenters. The number of nitrogens with zero attached hydrogens (tertiary/aromatic N) is 3. The van der Waals surface area contributed by atoms with Crippen molar-refractivity contribution < 1.29 is 9.18 Å². The maximum absolute atomic E-state index is 14.3. The van der Waals surface area contributed by atoms with Crippen LogP contribution in [0.15, 0.2) is 89.5 Å². The summed E-state index contributed by atoms with van der Waals surface area (Å²) in [6.07, 6.45) is 1.80. The van der Waals surface area contributed by atoms with Crippen molar-refractivity contribution >= 4 is 29.1 Å². The lowest BCUT2D eigenvalue weighted by Crippen LogP contribution is -2.22. The molecule has 0 saturated heterocycles. The fourth-order valence-corrected chi connectivity index (χ4v) is 3.18. The van der Waals surface area contributed by atoms with E-state index in [0.29, 0.717) is 11.3 Å². The molecule has 144 valence electrons. The molecule has 0 aromatic heterocycles. The monoisotopic (exact) mass is 385 g/mol. The molecule has 1 heterocycles. The number of carbonyl (C=O) groups excluding carboxylic acids is 1. The minimum atomic E-state index is -0.492. The molecule has 0 bridgehead atoms. The SMILES string of the molecule is CN(C)c1ccc(/C=C2\C(=O)N(c3ccccc3F)N=C2c2ccccc2)cc1. The van der Waals surface area contributed by atoms with Crippen molar-refractivity contribution in [3.8, 4) is 0 Å². The Morgan fingerprint density at radius 2 is 1.55 bits per heavy atom. The molecule has 4 rings (SSSR count). The van der Waals surface area contributed by atoms with Crippen LogP contribution in [0.5, 0.6) is 0 Å². The number of halogens is 1. The Labute approximate surface area is 169 Å². The van der Waals surface area contributed by atoms with Crippen LogP contribution in [0.25, 0.3) is 6.08 Å². The van der Waals surface area contributed by atoms with Gasteiger partial charge in [-0.15, -0.1) is 0 Å². The average Bonchev–Trinajstić information content (AvgIpc) is 3.05. The van der Waals surface area contributed by atoms with Crippen LogP contribution in [0, 0.1) is 5.82 Å². The number of para-hydroxylation sites is 1. The molecule has 0 N–H and O–H groups in total. The topological polar surface area (TPSA) is 35.9 Å². The van der Waals surface area contributed by atoms with Gasteiger partial charge in [-0.3, -0.25) is 4.79 Å². The molecule has 1 amide bonds. The van der Waals surface area contributed by atoms with Gasteiger partial charge in [0.05, 0.1) is 5.57 Å². The Morgan fingerprint density at radius 3 is 2.21 bits per heavy atom. The predicted octanol–water partition coefficient (Wildman–Crippen LogP) is 4.73. The van der Waals surface area contributed by atoms with E-state index in [4.69, 9.17) is 0 Å². The van der Waals surface area contributed by atoms with E-state index in [1.54, 1.807) is 24.3 Å². The van der Waals surface area contributed by atoms with E-state index in [1.807, 2.05) is 73.6 Å². The molecule has 0 radical (unpaired) electrons. The van der Waals surface area contributed by atoms with Gasteiger partial charge in [0.2, 0.25) is 0 Å². The van der Waals surface area contributed by atoms with E-state index < -0.39 is 5.82 Å². The highest BCUT2D eigenvalue weighted by atomic mass is 19.1. The highest BCUT2D eigenvalue weighted by Crippen LogP contribution is 2.29. The van der Waals surface area contributed by atoms with E-state index in [1.165, 1.54) is 6.07 Å². The molecule has 5 heteroatoms. The van der Waals surface area contributed by atoms with Crippen molar-refractivity contribution in [2.24, 2.45) is 5.10 Å². The number of hydrogen-bond acceptors (Lipinski definition) is 3. The lowest BCUT2D eigenvalue weighted by atomic mass is 10.00. The summed E-state index contributed by atoms with van der Waals surface area (Å²) in [5.74, 6) is -0.848. The quantitative estimate of drug-likeness (QED) is 0.609. The molecule has 0 spiro atoms. The van der Waals surface area contributed by atoms with E-state index in [2.05, 4.69) is 5.10 Å². The molecular formula is C24H20FN3O. The molecular weight excluding hydrogens is 365 g/mol. The van der Waals surface area contributed by atoms with Crippen molar-refractivity contribution in [2.75, 3.05) is 24.0 Å². The Kier molecular flexibility index (Phi) is 4.96. The standard InChI is InChI=1S/C24H20FN3O/c1-27(2)19-14-12-17(13-15-19)16-20-23(18-8-4-3-5-9-18)26-28(24(20)29)22-11-7-6-10-21(22)25/h3-16H,1-2H3/b20-16-. The largest absolute Gasteiger partial charge is 0.378 e. The first-order chi connectivity index (χ1) is 14.0. The van der Waals surface area contributed by atoms with E-state index in [9.17, 15) is 9.18 Å². The van der Waals surface area contributed by atoms with Crippen LogP contribution in [-0.4, -0.2) is 25.7 Å². The van der Waals surface area contributed by atoms with Crippen molar-refractivity contribution in [2.45, 2.75) is 0 Å². The molecule has 29 heavy (non-hydrogen) atoms. The Bertz CT molecular complexity index is 1100. The van der Waals surface area contributed by atoms with Crippen molar-refractivity contribution in [3.05, 3.63) is 101 Å².